The van der Waals surface area contributed by atoms with E-state index in [9.17, 15) is 0 Å². The molecule has 0 spiro atoms. The minimum Gasteiger partial charge on any atom is -0.383 e. The number of benzene rings is 1. The van der Waals surface area contributed by atoms with Crippen LogP contribution in [0.1, 0.15) is 13.3 Å². The highest BCUT2D eigenvalue weighted by atomic mass is 16.5. The summed E-state index contributed by atoms with van der Waals surface area (Å²) in [5, 5.41) is 6.95. The fourth-order valence-electron chi connectivity index (χ4n) is 2.96. The third kappa shape index (κ3) is 6.92. The first kappa shape index (κ1) is 19.5. The van der Waals surface area contributed by atoms with Crippen molar-refractivity contribution >= 4 is 11.6 Å². The summed E-state index contributed by atoms with van der Waals surface area (Å²) in [4.78, 5) is 9.39. The molecule has 1 atom stereocenters. The van der Waals surface area contributed by atoms with E-state index in [4.69, 9.17) is 9.73 Å². The van der Waals surface area contributed by atoms with Crippen molar-refractivity contribution in [2.45, 2.75) is 19.4 Å². The molecule has 2 rings (SSSR count). The van der Waals surface area contributed by atoms with Gasteiger partial charge in [0.05, 0.1) is 13.2 Å². The standard InChI is InChI=1S/C19H33N5O/c1-4-20-19(21-11-13-23(2)14-15-25-3)22-17-10-12-24(16-17)18-8-6-5-7-9-18/h5-9,17H,4,10-16H2,1-3H3,(H2,20,21,22). The molecule has 1 fully saturated rings. The first-order valence-electron chi connectivity index (χ1n) is 9.25. The molecule has 6 nitrogen and oxygen atoms in total. The van der Waals surface area contributed by atoms with Crippen LogP contribution < -0.4 is 15.5 Å². The van der Waals surface area contributed by atoms with Gasteiger partial charge in [-0.3, -0.25) is 4.99 Å². The van der Waals surface area contributed by atoms with Crippen LogP contribution in [0.4, 0.5) is 5.69 Å². The summed E-state index contributed by atoms with van der Waals surface area (Å²) in [6, 6.07) is 11.1. The van der Waals surface area contributed by atoms with E-state index in [1.807, 2.05) is 0 Å². The smallest absolute Gasteiger partial charge is 0.191 e. The number of aliphatic imine (C=N–C) groups is 1. The fraction of sp³-hybridized carbons (Fsp3) is 0.632. The molecule has 6 heteroatoms. The third-order valence-electron chi connectivity index (χ3n) is 4.42. The number of hydrogen-bond donors (Lipinski definition) is 2. The molecule has 1 heterocycles. The minimum atomic E-state index is 0.434. The summed E-state index contributed by atoms with van der Waals surface area (Å²) in [6.07, 6.45) is 1.13. The van der Waals surface area contributed by atoms with Gasteiger partial charge in [0.25, 0.3) is 0 Å². The van der Waals surface area contributed by atoms with Crippen LogP contribution in [0, 0.1) is 0 Å². The Kier molecular flexibility index (Phi) is 8.55. The van der Waals surface area contributed by atoms with Crippen molar-refractivity contribution in [2.75, 3.05) is 64.9 Å². The Balaban J connectivity index is 1.79. The molecule has 0 radical (unpaired) electrons. The van der Waals surface area contributed by atoms with E-state index in [0.29, 0.717) is 6.04 Å². The average Bonchev–Trinajstić information content (AvgIpc) is 3.09. The average molecular weight is 348 g/mol. The van der Waals surface area contributed by atoms with Crippen LogP contribution in [-0.2, 0) is 4.74 Å². The lowest BCUT2D eigenvalue weighted by molar-refractivity contribution is 0.163. The van der Waals surface area contributed by atoms with Crippen LogP contribution in [0.5, 0.6) is 0 Å². The highest BCUT2D eigenvalue weighted by molar-refractivity contribution is 5.80. The quantitative estimate of drug-likeness (QED) is 0.522. The third-order valence-corrected chi connectivity index (χ3v) is 4.42. The van der Waals surface area contributed by atoms with Gasteiger partial charge in [0.1, 0.15) is 0 Å². The lowest BCUT2D eigenvalue weighted by Crippen LogP contribution is -2.45. The van der Waals surface area contributed by atoms with Gasteiger partial charge < -0.3 is 25.2 Å². The van der Waals surface area contributed by atoms with Crippen molar-refractivity contribution in [3.8, 4) is 0 Å². The number of nitrogens with one attached hydrogen (secondary N) is 2. The van der Waals surface area contributed by atoms with Gasteiger partial charge in [-0.1, -0.05) is 18.2 Å². The summed E-state index contributed by atoms with van der Waals surface area (Å²) in [6.45, 7) is 8.49. The number of anilines is 1. The Hall–Kier alpha value is -1.79. The Bertz CT molecular complexity index is 508. The second-order valence-electron chi connectivity index (χ2n) is 6.47. The molecule has 1 unspecified atom stereocenters. The lowest BCUT2D eigenvalue weighted by Gasteiger charge is -2.20. The lowest BCUT2D eigenvalue weighted by atomic mass is 10.3. The number of rotatable bonds is 9. The van der Waals surface area contributed by atoms with Crippen molar-refractivity contribution in [1.29, 1.82) is 0 Å². The van der Waals surface area contributed by atoms with Gasteiger partial charge in [-0.15, -0.1) is 0 Å². The molecular weight excluding hydrogens is 314 g/mol. The summed E-state index contributed by atoms with van der Waals surface area (Å²) < 4.78 is 5.11. The zero-order chi connectivity index (χ0) is 17.9. The van der Waals surface area contributed by atoms with E-state index in [2.05, 4.69) is 64.7 Å². The van der Waals surface area contributed by atoms with Gasteiger partial charge >= 0.3 is 0 Å². The van der Waals surface area contributed by atoms with Crippen molar-refractivity contribution < 1.29 is 4.74 Å². The number of likely N-dealkylation sites (N-methyl/N-ethyl adjacent to an activating group) is 1. The molecule has 0 bridgehead atoms. The van der Waals surface area contributed by atoms with Gasteiger partial charge in [0, 0.05) is 51.6 Å². The summed E-state index contributed by atoms with van der Waals surface area (Å²) in [5.41, 5.74) is 1.30. The maximum Gasteiger partial charge on any atom is 0.191 e. The van der Waals surface area contributed by atoms with Crippen molar-refractivity contribution in [3.05, 3.63) is 30.3 Å². The first-order chi connectivity index (χ1) is 12.2. The number of guanidine groups is 1. The molecule has 140 valence electrons. The van der Waals surface area contributed by atoms with E-state index in [0.717, 1.165) is 58.3 Å². The largest absolute Gasteiger partial charge is 0.383 e. The van der Waals surface area contributed by atoms with Crippen LogP contribution in [0.2, 0.25) is 0 Å². The highest BCUT2D eigenvalue weighted by Crippen LogP contribution is 2.19. The molecule has 1 aromatic carbocycles. The van der Waals surface area contributed by atoms with Crippen LogP contribution in [0.15, 0.2) is 35.3 Å². The number of ether oxygens (including phenoxy) is 1. The zero-order valence-corrected chi connectivity index (χ0v) is 15.9. The summed E-state index contributed by atoms with van der Waals surface area (Å²) in [7, 11) is 3.84. The van der Waals surface area contributed by atoms with Gasteiger partial charge in [-0.2, -0.15) is 0 Å². The van der Waals surface area contributed by atoms with Gasteiger partial charge in [0.15, 0.2) is 5.96 Å². The van der Waals surface area contributed by atoms with E-state index < -0.39 is 0 Å². The summed E-state index contributed by atoms with van der Waals surface area (Å²) in [5.74, 6) is 0.919. The molecule has 0 amide bonds. The molecule has 1 saturated heterocycles. The topological polar surface area (TPSA) is 52.1 Å². The van der Waals surface area contributed by atoms with Gasteiger partial charge in [-0.25, -0.2) is 0 Å². The van der Waals surface area contributed by atoms with Crippen LogP contribution in [0.3, 0.4) is 0 Å². The van der Waals surface area contributed by atoms with Crippen LogP contribution >= 0.6 is 0 Å². The Morgan fingerprint density at radius 1 is 1.32 bits per heavy atom. The van der Waals surface area contributed by atoms with E-state index in [1.54, 1.807) is 7.11 Å². The fourth-order valence-corrected chi connectivity index (χ4v) is 2.96. The SMILES string of the molecule is CCNC(=NCCN(C)CCOC)NC1CCN(c2ccccc2)C1. The monoisotopic (exact) mass is 347 g/mol. The normalized spacial score (nSPS) is 18.0. The van der Waals surface area contributed by atoms with Crippen molar-refractivity contribution in [1.82, 2.24) is 15.5 Å². The van der Waals surface area contributed by atoms with E-state index >= 15 is 0 Å². The van der Waals surface area contributed by atoms with Crippen molar-refractivity contribution in [2.24, 2.45) is 4.99 Å². The Morgan fingerprint density at radius 3 is 2.84 bits per heavy atom. The van der Waals surface area contributed by atoms with Gasteiger partial charge in [0.2, 0.25) is 0 Å². The molecule has 1 aliphatic heterocycles. The van der Waals surface area contributed by atoms with Gasteiger partial charge in [-0.05, 0) is 32.5 Å². The summed E-state index contributed by atoms with van der Waals surface area (Å²) >= 11 is 0. The molecule has 1 aromatic rings. The molecule has 25 heavy (non-hydrogen) atoms. The van der Waals surface area contributed by atoms with Crippen molar-refractivity contribution in [3.63, 3.8) is 0 Å². The molecule has 0 saturated carbocycles. The molecule has 2 N–H and O–H groups in total. The predicted octanol–water partition coefficient (Wildman–Crippen LogP) is 1.40. The number of methoxy groups -OCH3 is 1. The molecule has 0 aromatic heterocycles. The second-order valence-corrected chi connectivity index (χ2v) is 6.47. The predicted molar refractivity (Wildman–Crippen MR) is 106 cm³/mol. The van der Waals surface area contributed by atoms with E-state index in [1.165, 1.54) is 5.69 Å². The number of para-hydroxylation sites is 1. The number of nitrogens with zero attached hydrogens (tertiary/aromatic N) is 3. The zero-order valence-electron chi connectivity index (χ0n) is 15.9. The first-order valence-corrected chi connectivity index (χ1v) is 9.25. The molecular formula is C19H33N5O. The van der Waals surface area contributed by atoms with Crippen LogP contribution in [-0.4, -0.2) is 76.9 Å². The maximum absolute atomic E-state index is 5.11. The number of hydrogen-bond acceptors (Lipinski definition) is 4. The minimum absolute atomic E-state index is 0.434. The van der Waals surface area contributed by atoms with Crippen LogP contribution in [0.25, 0.3) is 0 Å². The van der Waals surface area contributed by atoms with E-state index in [-0.39, 0.29) is 0 Å². The maximum atomic E-state index is 5.11. The second kappa shape index (κ2) is 10.9. The Labute approximate surface area is 152 Å². The Morgan fingerprint density at radius 2 is 2.12 bits per heavy atom. The highest BCUT2D eigenvalue weighted by Gasteiger charge is 2.23. The molecule has 1 aliphatic rings. The molecule has 0 aliphatic carbocycles.